The Morgan fingerprint density at radius 1 is 1.06 bits per heavy atom. The summed E-state index contributed by atoms with van der Waals surface area (Å²) in [5.41, 5.74) is 1.33. The summed E-state index contributed by atoms with van der Waals surface area (Å²) in [6, 6.07) is 0. The van der Waals surface area contributed by atoms with E-state index < -0.39 is 0 Å². The van der Waals surface area contributed by atoms with Crippen molar-refractivity contribution < 1.29 is 5.11 Å². The van der Waals surface area contributed by atoms with E-state index in [1.807, 2.05) is 6.08 Å². The standard InChI is InChI=1S/C15H30O/c1-13(2)7-5-8-14(3)9-6-10-15(4)11-12-16/h11,13-14,16H,5-10,12H2,1-4H3/t14-/m0/s1. The van der Waals surface area contributed by atoms with E-state index in [9.17, 15) is 0 Å². The number of hydrogen-bond donors (Lipinski definition) is 1. The van der Waals surface area contributed by atoms with Gasteiger partial charge in [0.1, 0.15) is 0 Å². The Labute approximate surface area is 102 Å². The van der Waals surface area contributed by atoms with Crippen LogP contribution in [0.4, 0.5) is 0 Å². The Kier molecular flexibility index (Phi) is 9.71. The monoisotopic (exact) mass is 226 g/mol. The lowest BCUT2D eigenvalue weighted by Crippen LogP contribution is -1.97. The number of aliphatic hydroxyl groups is 1. The highest BCUT2D eigenvalue weighted by Gasteiger charge is 2.03. The molecule has 96 valence electrons. The van der Waals surface area contributed by atoms with Gasteiger partial charge in [0, 0.05) is 0 Å². The molecule has 0 fully saturated rings. The zero-order valence-corrected chi connectivity index (χ0v) is 11.6. The predicted molar refractivity (Wildman–Crippen MR) is 72.5 cm³/mol. The van der Waals surface area contributed by atoms with Gasteiger partial charge in [0.05, 0.1) is 6.61 Å². The summed E-state index contributed by atoms with van der Waals surface area (Å²) in [5, 5.41) is 8.74. The van der Waals surface area contributed by atoms with E-state index in [4.69, 9.17) is 5.11 Å². The third-order valence-corrected chi connectivity index (χ3v) is 3.19. The average Bonchev–Trinajstić information content (AvgIpc) is 2.17. The van der Waals surface area contributed by atoms with E-state index in [1.165, 1.54) is 37.7 Å². The molecule has 0 aromatic rings. The molecule has 0 heterocycles. The summed E-state index contributed by atoms with van der Waals surface area (Å²) in [7, 11) is 0. The number of rotatable bonds is 9. The highest BCUT2D eigenvalue weighted by atomic mass is 16.2. The second-order valence-electron chi connectivity index (χ2n) is 5.56. The van der Waals surface area contributed by atoms with Gasteiger partial charge in [0.15, 0.2) is 0 Å². The highest BCUT2D eigenvalue weighted by molar-refractivity contribution is 4.97. The summed E-state index contributed by atoms with van der Waals surface area (Å²) in [5.74, 6) is 1.71. The minimum atomic E-state index is 0.190. The quantitative estimate of drug-likeness (QED) is 0.571. The summed E-state index contributed by atoms with van der Waals surface area (Å²) < 4.78 is 0. The third kappa shape index (κ3) is 10.2. The van der Waals surface area contributed by atoms with Crippen LogP contribution in [0.2, 0.25) is 0 Å². The lowest BCUT2D eigenvalue weighted by atomic mass is 9.94. The zero-order chi connectivity index (χ0) is 12.4. The van der Waals surface area contributed by atoms with E-state index >= 15 is 0 Å². The fourth-order valence-corrected chi connectivity index (χ4v) is 2.01. The second-order valence-corrected chi connectivity index (χ2v) is 5.56. The topological polar surface area (TPSA) is 20.2 Å². The fraction of sp³-hybridized carbons (Fsp3) is 0.867. The molecule has 1 N–H and O–H groups in total. The number of hydrogen-bond acceptors (Lipinski definition) is 1. The molecular weight excluding hydrogens is 196 g/mol. The lowest BCUT2D eigenvalue weighted by molar-refractivity contribution is 0.341. The SMILES string of the molecule is CC(=CCO)CCC[C@@H](C)CCCC(C)C. The Morgan fingerprint density at radius 2 is 1.69 bits per heavy atom. The molecule has 0 aromatic heterocycles. The molecule has 1 atom stereocenters. The largest absolute Gasteiger partial charge is 0.392 e. The number of allylic oxidation sites excluding steroid dienone is 1. The van der Waals surface area contributed by atoms with Crippen LogP contribution in [0.1, 0.15) is 66.2 Å². The minimum absolute atomic E-state index is 0.190. The van der Waals surface area contributed by atoms with Gasteiger partial charge in [-0.25, -0.2) is 0 Å². The summed E-state index contributed by atoms with van der Waals surface area (Å²) in [6.07, 6.45) is 9.79. The molecule has 0 rings (SSSR count). The normalized spacial score (nSPS) is 14.5. The third-order valence-electron chi connectivity index (χ3n) is 3.19. The first kappa shape index (κ1) is 15.7. The Bertz CT molecular complexity index is 182. The van der Waals surface area contributed by atoms with Gasteiger partial charge in [0.25, 0.3) is 0 Å². The number of aliphatic hydroxyl groups excluding tert-OH is 1. The van der Waals surface area contributed by atoms with E-state index in [1.54, 1.807) is 0 Å². The minimum Gasteiger partial charge on any atom is -0.392 e. The van der Waals surface area contributed by atoms with E-state index in [0.29, 0.717) is 0 Å². The molecule has 0 amide bonds. The summed E-state index contributed by atoms with van der Waals surface area (Å²) in [4.78, 5) is 0. The van der Waals surface area contributed by atoms with Gasteiger partial charge in [-0.2, -0.15) is 0 Å². The molecule has 0 aromatic carbocycles. The van der Waals surface area contributed by atoms with Crippen LogP contribution in [-0.2, 0) is 0 Å². The first-order chi connectivity index (χ1) is 7.56. The zero-order valence-electron chi connectivity index (χ0n) is 11.6. The molecule has 0 saturated heterocycles. The van der Waals surface area contributed by atoms with Crippen LogP contribution in [0.15, 0.2) is 11.6 Å². The van der Waals surface area contributed by atoms with Crippen LogP contribution >= 0.6 is 0 Å². The molecule has 0 saturated carbocycles. The van der Waals surface area contributed by atoms with Crippen molar-refractivity contribution in [2.24, 2.45) is 11.8 Å². The lowest BCUT2D eigenvalue weighted by Gasteiger charge is -2.12. The average molecular weight is 226 g/mol. The molecule has 0 spiro atoms. The molecule has 16 heavy (non-hydrogen) atoms. The second kappa shape index (κ2) is 9.89. The Hall–Kier alpha value is -0.300. The molecule has 0 bridgehead atoms. The molecular formula is C15H30O. The van der Waals surface area contributed by atoms with Gasteiger partial charge in [0.2, 0.25) is 0 Å². The van der Waals surface area contributed by atoms with Crippen molar-refractivity contribution in [3.05, 3.63) is 11.6 Å². The van der Waals surface area contributed by atoms with Gasteiger partial charge in [-0.1, -0.05) is 58.1 Å². The smallest absolute Gasteiger partial charge is 0.0614 e. The maximum atomic E-state index is 8.74. The van der Waals surface area contributed by atoms with Crippen molar-refractivity contribution >= 4 is 0 Å². The molecule has 0 unspecified atom stereocenters. The first-order valence-electron chi connectivity index (χ1n) is 6.82. The van der Waals surface area contributed by atoms with Crippen LogP contribution in [0, 0.1) is 11.8 Å². The highest BCUT2D eigenvalue weighted by Crippen LogP contribution is 2.18. The van der Waals surface area contributed by atoms with Crippen LogP contribution in [0.25, 0.3) is 0 Å². The van der Waals surface area contributed by atoms with Crippen molar-refractivity contribution in [3.63, 3.8) is 0 Å². The summed E-state index contributed by atoms with van der Waals surface area (Å²) >= 11 is 0. The van der Waals surface area contributed by atoms with E-state index in [2.05, 4.69) is 27.7 Å². The molecule has 0 radical (unpaired) electrons. The van der Waals surface area contributed by atoms with Crippen molar-refractivity contribution in [2.75, 3.05) is 6.61 Å². The van der Waals surface area contributed by atoms with Crippen LogP contribution < -0.4 is 0 Å². The molecule has 1 heteroatoms. The van der Waals surface area contributed by atoms with Crippen molar-refractivity contribution in [3.8, 4) is 0 Å². The molecule has 0 aliphatic carbocycles. The molecule has 0 aliphatic heterocycles. The van der Waals surface area contributed by atoms with E-state index in [-0.39, 0.29) is 6.61 Å². The Balaban J connectivity index is 3.43. The van der Waals surface area contributed by atoms with Gasteiger partial charge in [-0.3, -0.25) is 0 Å². The van der Waals surface area contributed by atoms with Gasteiger partial charge >= 0.3 is 0 Å². The van der Waals surface area contributed by atoms with Crippen molar-refractivity contribution in [1.82, 2.24) is 0 Å². The van der Waals surface area contributed by atoms with Crippen molar-refractivity contribution in [2.45, 2.75) is 66.2 Å². The van der Waals surface area contributed by atoms with Crippen LogP contribution in [-0.4, -0.2) is 11.7 Å². The summed E-state index contributed by atoms with van der Waals surface area (Å²) in [6.45, 7) is 9.27. The molecule has 0 aliphatic rings. The van der Waals surface area contributed by atoms with Gasteiger partial charge in [-0.05, 0) is 31.6 Å². The fourth-order valence-electron chi connectivity index (χ4n) is 2.01. The first-order valence-corrected chi connectivity index (χ1v) is 6.82. The molecule has 1 nitrogen and oxygen atoms in total. The maximum Gasteiger partial charge on any atom is 0.0614 e. The maximum absolute atomic E-state index is 8.74. The van der Waals surface area contributed by atoms with Crippen LogP contribution in [0.3, 0.4) is 0 Å². The van der Waals surface area contributed by atoms with E-state index in [0.717, 1.165) is 18.3 Å². The van der Waals surface area contributed by atoms with Gasteiger partial charge < -0.3 is 5.11 Å². The van der Waals surface area contributed by atoms with Crippen LogP contribution in [0.5, 0.6) is 0 Å². The predicted octanol–water partition coefficient (Wildman–Crippen LogP) is 4.56. The van der Waals surface area contributed by atoms with Crippen molar-refractivity contribution in [1.29, 1.82) is 0 Å². The Morgan fingerprint density at radius 3 is 2.25 bits per heavy atom. The van der Waals surface area contributed by atoms with Gasteiger partial charge in [-0.15, -0.1) is 0 Å².